The summed E-state index contributed by atoms with van der Waals surface area (Å²) in [7, 11) is 0. The summed E-state index contributed by atoms with van der Waals surface area (Å²) < 4.78 is 0. The van der Waals surface area contributed by atoms with Crippen LogP contribution < -0.4 is 0 Å². The van der Waals surface area contributed by atoms with Crippen LogP contribution in [0.5, 0.6) is 0 Å². The summed E-state index contributed by atoms with van der Waals surface area (Å²) in [6, 6.07) is 4.31. The molecule has 0 radical (unpaired) electrons. The first kappa shape index (κ1) is 16.7. The lowest BCUT2D eigenvalue weighted by Gasteiger charge is -2.57. The van der Waals surface area contributed by atoms with Crippen LogP contribution in [-0.2, 0) is 0 Å². The van der Waals surface area contributed by atoms with Crippen molar-refractivity contribution in [3.63, 3.8) is 0 Å². The van der Waals surface area contributed by atoms with Gasteiger partial charge in [-0.1, -0.05) is 37.6 Å². The van der Waals surface area contributed by atoms with Gasteiger partial charge in [-0.2, -0.15) is 0 Å². The highest BCUT2D eigenvalue weighted by Crippen LogP contribution is 2.66. The molecule has 4 aliphatic carbocycles. The van der Waals surface area contributed by atoms with Crippen LogP contribution in [0.25, 0.3) is 5.57 Å². The van der Waals surface area contributed by atoms with E-state index in [1.165, 1.54) is 37.7 Å². The van der Waals surface area contributed by atoms with Crippen molar-refractivity contribution in [1.29, 1.82) is 0 Å². The number of nitrogens with zero attached hydrogens (tertiary/aromatic N) is 1. The first-order valence-corrected chi connectivity index (χ1v) is 10.5. The van der Waals surface area contributed by atoms with Gasteiger partial charge in [-0.3, -0.25) is 4.98 Å². The molecule has 1 aromatic rings. The minimum Gasteiger partial charge on any atom is -0.393 e. The van der Waals surface area contributed by atoms with Crippen molar-refractivity contribution in [2.45, 2.75) is 64.9 Å². The van der Waals surface area contributed by atoms with E-state index in [0.717, 1.165) is 30.6 Å². The van der Waals surface area contributed by atoms with Gasteiger partial charge >= 0.3 is 0 Å². The summed E-state index contributed by atoms with van der Waals surface area (Å²) in [5.41, 5.74) is 5.09. The van der Waals surface area contributed by atoms with Gasteiger partial charge in [0.15, 0.2) is 0 Å². The van der Waals surface area contributed by atoms with E-state index in [9.17, 15) is 5.11 Å². The van der Waals surface area contributed by atoms with Crippen molar-refractivity contribution in [3.8, 4) is 0 Å². The van der Waals surface area contributed by atoms with Gasteiger partial charge in [0.2, 0.25) is 0 Å². The number of rotatable bonds is 1. The molecule has 2 saturated carbocycles. The summed E-state index contributed by atoms with van der Waals surface area (Å²) in [5, 5.41) is 10.2. The maximum absolute atomic E-state index is 10.2. The van der Waals surface area contributed by atoms with Crippen molar-refractivity contribution < 1.29 is 5.11 Å². The Bertz CT molecular complexity index is 766. The summed E-state index contributed by atoms with van der Waals surface area (Å²) in [6.07, 6.45) is 17.0. The second-order valence-electron chi connectivity index (χ2n) is 9.71. The average molecular weight is 350 g/mol. The highest BCUT2D eigenvalue weighted by atomic mass is 16.3. The van der Waals surface area contributed by atoms with Crippen LogP contribution >= 0.6 is 0 Å². The molecular weight excluding hydrogens is 318 g/mol. The van der Waals surface area contributed by atoms with Crippen LogP contribution in [0, 0.1) is 28.6 Å². The summed E-state index contributed by atoms with van der Waals surface area (Å²) in [5.74, 6) is 2.36. The molecule has 0 unspecified atom stereocenters. The van der Waals surface area contributed by atoms with E-state index in [1.807, 2.05) is 12.4 Å². The Balaban J connectivity index is 1.48. The fourth-order valence-corrected chi connectivity index (χ4v) is 7.18. The Labute approximate surface area is 157 Å². The van der Waals surface area contributed by atoms with Gasteiger partial charge in [-0.05, 0) is 90.7 Å². The van der Waals surface area contributed by atoms with Crippen molar-refractivity contribution in [1.82, 2.24) is 4.98 Å². The number of allylic oxidation sites excluding steroid dienone is 3. The molecule has 6 atom stereocenters. The number of hydrogen-bond acceptors (Lipinski definition) is 2. The van der Waals surface area contributed by atoms with Gasteiger partial charge in [-0.15, -0.1) is 0 Å². The number of aromatic nitrogens is 1. The van der Waals surface area contributed by atoms with E-state index < -0.39 is 0 Å². The Hall–Kier alpha value is -1.41. The first-order valence-electron chi connectivity index (χ1n) is 10.5. The zero-order chi connectivity index (χ0) is 17.9. The molecule has 0 amide bonds. The lowest BCUT2D eigenvalue weighted by atomic mass is 9.47. The maximum Gasteiger partial charge on any atom is 0.0577 e. The largest absolute Gasteiger partial charge is 0.393 e. The molecule has 1 aromatic heterocycles. The molecule has 1 heterocycles. The molecule has 0 saturated heterocycles. The molecule has 26 heavy (non-hydrogen) atoms. The van der Waals surface area contributed by atoms with Crippen molar-refractivity contribution in [2.24, 2.45) is 28.6 Å². The van der Waals surface area contributed by atoms with Crippen LogP contribution in [0.15, 0.2) is 42.3 Å². The van der Waals surface area contributed by atoms with E-state index in [0.29, 0.717) is 10.8 Å². The quantitative estimate of drug-likeness (QED) is 0.689. The third-order valence-corrected chi connectivity index (χ3v) is 8.63. The van der Waals surface area contributed by atoms with E-state index in [1.54, 1.807) is 11.1 Å². The minimum atomic E-state index is -0.106. The van der Waals surface area contributed by atoms with Crippen LogP contribution in [0.3, 0.4) is 0 Å². The zero-order valence-corrected chi connectivity index (χ0v) is 16.1. The van der Waals surface area contributed by atoms with Gasteiger partial charge in [0, 0.05) is 12.4 Å². The van der Waals surface area contributed by atoms with Gasteiger partial charge < -0.3 is 5.11 Å². The molecule has 0 bridgehead atoms. The van der Waals surface area contributed by atoms with Gasteiger partial charge in [0.05, 0.1) is 6.10 Å². The monoisotopic (exact) mass is 349 g/mol. The van der Waals surface area contributed by atoms with Gasteiger partial charge in [0.1, 0.15) is 0 Å². The molecule has 1 N–H and O–H groups in total. The fraction of sp³-hybridized carbons (Fsp3) is 0.625. The van der Waals surface area contributed by atoms with E-state index in [4.69, 9.17) is 0 Å². The minimum absolute atomic E-state index is 0.106. The second-order valence-corrected chi connectivity index (χ2v) is 9.71. The summed E-state index contributed by atoms with van der Waals surface area (Å²) in [4.78, 5) is 4.38. The summed E-state index contributed by atoms with van der Waals surface area (Å²) in [6.45, 7) is 5.03. The van der Waals surface area contributed by atoms with E-state index in [2.05, 4.69) is 43.1 Å². The molecule has 4 aliphatic rings. The lowest BCUT2D eigenvalue weighted by Crippen LogP contribution is -2.49. The molecule has 0 aliphatic heterocycles. The van der Waals surface area contributed by atoms with E-state index >= 15 is 0 Å². The third-order valence-electron chi connectivity index (χ3n) is 8.63. The predicted molar refractivity (Wildman–Crippen MR) is 105 cm³/mol. The predicted octanol–water partition coefficient (Wildman–Crippen LogP) is 5.40. The van der Waals surface area contributed by atoms with Gasteiger partial charge in [-0.25, -0.2) is 0 Å². The highest BCUT2D eigenvalue weighted by Gasteiger charge is 2.56. The Morgan fingerprint density at radius 2 is 1.88 bits per heavy atom. The van der Waals surface area contributed by atoms with Crippen molar-refractivity contribution in [3.05, 3.63) is 47.8 Å². The molecule has 138 valence electrons. The Morgan fingerprint density at radius 3 is 2.69 bits per heavy atom. The molecule has 2 heteroatoms. The molecule has 0 aromatic carbocycles. The van der Waals surface area contributed by atoms with Crippen LogP contribution in [0.2, 0.25) is 0 Å². The second kappa shape index (κ2) is 5.79. The summed E-state index contributed by atoms with van der Waals surface area (Å²) >= 11 is 0. The number of pyridine rings is 1. The first-order chi connectivity index (χ1) is 12.5. The number of hydrogen-bond donors (Lipinski definition) is 1. The zero-order valence-electron chi connectivity index (χ0n) is 16.1. The van der Waals surface area contributed by atoms with Crippen molar-refractivity contribution in [2.75, 3.05) is 0 Å². The van der Waals surface area contributed by atoms with Crippen LogP contribution in [0.4, 0.5) is 0 Å². The topological polar surface area (TPSA) is 33.1 Å². The SMILES string of the molecule is C[C@@]12CC[C@@H]3[C@H](CC=C4C[C@H](O)CC[C@]43C)[C@H]1CC=C2c1cccnc1. The third kappa shape index (κ3) is 2.24. The van der Waals surface area contributed by atoms with Gasteiger partial charge in [0.25, 0.3) is 0 Å². The molecule has 2 fully saturated rings. The average Bonchev–Trinajstić information content (AvgIpc) is 3.00. The highest BCUT2D eigenvalue weighted by molar-refractivity contribution is 5.72. The molecule has 0 spiro atoms. The van der Waals surface area contributed by atoms with Crippen LogP contribution in [0.1, 0.15) is 64.4 Å². The number of fused-ring (bicyclic) bond motifs is 5. The molecule has 5 rings (SSSR count). The normalized spacial score (nSPS) is 44.4. The fourth-order valence-electron chi connectivity index (χ4n) is 7.18. The number of aliphatic hydroxyl groups excluding tert-OH is 1. The van der Waals surface area contributed by atoms with Crippen molar-refractivity contribution >= 4 is 5.57 Å². The molecular formula is C24H31NO. The van der Waals surface area contributed by atoms with E-state index in [-0.39, 0.29) is 6.10 Å². The Kier molecular flexibility index (Phi) is 3.73. The smallest absolute Gasteiger partial charge is 0.0577 e. The van der Waals surface area contributed by atoms with Crippen LogP contribution in [-0.4, -0.2) is 16.2 Å². The standard InChI is InChI=1S/C24H31NO/c1-23-11-9-18(26)14-17(23)5-6-19-21-8-7-20(16-4-3-13-25-15-16)24(21,2)12-10-22(19)23/h3-5,7,13,15,18-19,21-22,26H,6,8-12,14H2,1-2H3/t18-,19-,21-,22-,23-,24+/m1/s1. The number of aliphatic hydroxyl groups is 1. The Morgan fingerprint density at radius 1 is 1.04 bits per heavy atom. The maximum atomic E-state index is 10.2. The molecule has 2 nitrogen and oxygen atoms in total. The lowest BCUT2D eigenvalue weighted by molar-refractivity contribution is -0.0238.